The Labute approximate surface area is 197 Å². The van der Waals surface area contributed by atoms with Crippen LogP contribution >= 0.6 is 0 Å². The minimum absolute atomic E-state index is 0. The first kappa shape index (κ1) is 23.8. The third-order valence-corrected chi connectivity index (χ3v) is 10.1. The molecule has 0 aromatic carbocycles. The van der Waals surface area contributed by atoms with Crippen LogP contribution in [-0.4, -0.2) is 23.0 Å². The van der Waals surface area contributed by atoms with E-state index < -0.39 is 5.97 Å². The molecule has 4 saturated carbocycles. The number of ketones is 1. The van der Waals surface area contributed by atoms with Crippen LogP contribution < -0.4 is 34.7 Å². The van der Waals surface area contributed by atoms with E-state index in [1.165, 1.54) is 12.8 Å². The van der Waals surface area contributed by atoms with Gasteiger partial charge in [-0.05, 0) is 98.7 Å². The fourth-order valence-electron chi connectivity index (χ4n) is 8.43. The number of hydrogen-bond acceptors (Lipinski definition) is 4. The number of hydrogen-bond donors (Lipinski definition) is 1. The topological polar surface area (TPSA) is 77.4 Å². The number of carbonyl (C=O) groups is 2. The number of rotatable bonds is 4. The van der Waals surface area contributed by atoms with Crippen LogP contribution in [0.15, 0.2) is 0 Å². The second-order valence-electron chi connectivity index (χ2n) is 11.1. The molecular formula is C24H37NaO4. The molecule has 4 fully saturated rings. The molecule has 9 atom stereocenters. The van der Waals surface area contributed by atoms with Crippen molar-refractivity contribution in [3.8, 4) is 0 Å². The molecule has 0 aliphatic heterocycles. The second kappa shape index (κ2) is 8.56. The van der Waals surface area contributed by atoms with Gasteiger partial charge in [0.05, 0.1) is 6.10 Å². The number of carboxylic acids is 1. The predicted octanol–water partition coefficient (Wildman–Crippen LogP) is 0.355. The number of Topliss-reactive ketones (excluding diaryl/α,β-unsaturated/α-hetero) is 1. The fourth-order valence-corrected chi connectivity index (χ4v) is 8.43. The maximum absolute atomic E-state index is 13.6. The van der Waals surface area contributed by atoms with E-state index in [1.807, 2.05) is 0 Å². The van der Waals surface area contributed by atoms with Crippen molar-refractivity contribution < 1.29 is 49.4 Å². The van der Waals surface area contributed by atoms with Gasteiger partial charge in [0.1, 0.15) is 5.78 Å². The van der Waals surface area contributed by atoms with Crippen molar-refractivity contribution in [3.63, 3.8) is 0 Å². The zero-order valence-corrected chi connectivity index (χ0v) is 20.8. The van der Waals surface area contributed by atoms with Crippen LogP contribution in [0.25, 0.3) is 0 Å². The minimum atomic E-state index is -0.979. The summed E-state index contributed by atoms with van der Waals surface area (Å²) < 4.78 is 0. The summed E-state index contributed by atoms with van der Waals surface area (Å²) in [5, 5.41) is 21.1. The van der Waals surface area contributed by atoms with Crippen molar-refractivity contribution in [2.24, 2.45) is 46.3 Å². The summed E-state index contributed by atoms with van der Waals surface area (Å²) in [6.45, 7) is 6.76. The maximum Gasteiger partial charge on any atom is 1.00 e. The average Bonchev–Trinajstić information content (AvgIpc) is 3.00. The van der Waals surface area contributed by atoms with Crippen LogP contribution in [0.3, 0.4) is 0 Å². The number of aliphatic hydroxyl groups excluding tert-OH is 1. The van der Waals surface area contributed by atoms with Crippen molar-refractivity contribution in [1.82, 2.24) is 0 Å². The van der Waals surface area contributed by atoms with E-state index in [0.29, 0.717) is 48.2 Å². The maximum atomic E-state index is 13.6. The molecule has 4 aliphatic carbocycles. The Bertz CT molecular complexity index is 651. The van der Waals surface area contributed by atoms with Crippen molar-refractivity contribution in [1.29, 1.82) is 0 Å². The zero-order chi connectivity index (χ0) is 20.3. The van der Waals surface area contributed by atoms with E-state index in [4.69, 9.17) is 0 Å². The van der Waals surface area contributed by atoms with Gasteiger partial charge in [0, 0.05) is 17.8 Å². The molecule has 29 heavy (non-hydrogen) atoms. The summed E-state index contributed by atoms with van der Waals surface area (Å²) >= 11 is 0. The SMILES string of the molecule is C[C@H](CCC(=O)[O-])[C@H]1CC[C@H]2[C@@H]3CCC4CC(O)CC[C@]4(C)[C@H]3CC(=O)[C@]12C.[Na+]. The summed E-state index contributed by atoms with van der Waals surface area (Å²) in [6, 6.07) is 0. The number of carboxylic acid groups (broad SMARTS) is 1. The number of aliphatic carboxylic acids is 1. The molecule has 0 aromatic rings. The molecular weight excluding hydrogens is 375 g/mol. The normalized spacial score (nSPS) is 47.4. The standard InChI is InChI=1S/C24H38O4.Na/c1-14(4-9-22(27)28)18-7-8-19-17-6-5-15-12-16(25)10-11-23(15,2)20(17)13-21(26)24(18,19)3;/h14-20,25H,4-13H2,1-3H3,(H,27,28);/q;+1/p-1/t14-,15?,16?,17+,18-,19+,20+,23+,24-;/m1./s1. The molecule has 2 unspecified atom stereocenters. The van der Waals surface area contributed by atoms with Crippen LogP contribution in [0.2, 0.25) is 0 Å². The van der Waals surface area contributed by atoms with Crippen molar-refractivity contribution in [2.45, 2.75) is 91.1 Å². The smallest absolute Gasteiger partial charge is 0.550 e. The molecule has 158 valence electrons. The summed E-state index contributed by atoms with van der Waals surface area (Å²) in [5.74, 6) is 2.14. The molecule has 0 aromatic heterocycles. The van der Waals surface area contributed by atoms with Crippen molar-refractivity contribution in [2.75, 3.05) is 0 Å². The summed E-state index contributed by atoms with van der Waals surface area (Å²) in [4.78, 5) is 24.5. The van der Waals surface area contributed by atoms with Crippen LogP contribution in [0.5, 0.6) is 0 Å². The van der Waals surface area contributed by atoms with Gasteiger partial charge < -0.3 is 15.0 Å². The first-order valence-corrected chi connectivity index (χ1v) is 11.6. The molecule has 1 N–H and O–H groups in total. The fraction of sp³-hybridized carbons (Fsp3) is 0.917. The molecule has 4 aliphatic rings. The van der Waals surface area contributed by atoms with Gasteiger partial charge in [0.2, 0.25) is 0 Å². The van der Waals surface area contributed by atoms with E-state index in [-0.39, 0.29) is 58.8 Å². The van der Waals surface area contributed by atoms with Crippen LogP contribution in [0, 0.1) is 46.3 Å². The zero-order valence-electron chi connectivity index (χ0n) is 18.8. The van der Waals surface area contributed by atoms with E-state index in [9.17, 15) is 19.8 Å². The Morgan fingerprint density at radius 3 is 2.59 bits per heavy atom. The third kappa shape index (κ3) is 3.79. The molecule has 0 saturated heterocycles. The second-order valence-corrected chi connectivity index (χ2v) is 11.1. The molecule has 0 radical (unpaired) electrons. The number of carbonyl (C=O) groups excluding carboxylic acids is 2. The van der Waals surface area contributed by atoms with Crippen molar-refractivity contribution in [3.05, 3.63) is 0 Å². The van der Waals surface area contributed by atoms with Gasteiger partial charge in [0.15, 0.2) is 0 Å². The van der Waals surface area contributed by atoms with Gasteiger partial charge in [-0.25, -0.2) is 0 Å². The first-order valence-electron chi connectivity index (χ1n) is 11.6. The van der Waals surface area contributed by atoms with Gasteiger partial charge >= 0.3 is 29.6 Å². The minimum Gasteiger partial charge on any atom is -0.550 e. The summed E-state index contributed by atoms with van der Waals surface area (Å²) in [6.07, 6.45) is 8.69. The van der Waals surface area contributed by atoms with Gasteiger partial charge in [-0.2, -0.15) is 0 Å². The molecule has 0 bridgehead atoms. The number of fused-ring (bicyclic) bond motifs is 5. The van der Waals surface area contributed by atoms with E-state index >= 15 is 0 Å². The molecule has 0 heterocycles. The molecule has 4 rings (SSSR count). The van der Waals surface area contributed by atoms with E-state index in [0.717, 1.165) is 32.1 Å². The van der Waals surface area contributed by atoms with Crippen LogP contribution in [-0.2, 0) is 9.59 Å². The Morgan fingerprint density at radius 2 is 1.90 bits per heavy atom. The largest absolute Gasteiger partial charge is 1.00 e. The van der Waals surface area contributed by atoms with Crippen LogP contribution in [0.1, 0.15) is 85.0 Å². The average molecular weight is 413 g/mol. The molecule has 5 heteroatoms. The van der Waals surface area contributed by atoms with Gasteiger partial charge in [-0.15, -0.1) is 0 Å². The predicted molar refractivity (Wildman–Crippen MR) is 105 cm³/mol. The quantitative estimate of drug-likeness (QED) is 0.677. The van der Waals surface area contributed by atoms with Gasteiger partial charge in [0.25, 0.3) is 0 Å². The summed E-state index contributed by atoms with van der Waals surface area (Å²) in [7, 11) is 0. The third-order valence-electron chi connectivity index (χ3n) is 10.1. The Morgan fingerprint density at radius 1 is 1.17 bits per heavy atom. The van der Waals surface area contributed by atoms with Crippen LogP contribution in [0.4, 0.5) is 0 Å². The number of aliphatic hydroxyl groups is 1. The first-order chi connectivity index (χ1) is 13.2. The molecule has 0 spiro atoms. The van der Waals surface area contributed by atoms with Crippen molar-refractivity contribution >= 4 is 11.8 Å². The molecule has 4 nitrogen and oxygen atoms in total. The Balaban J connectivity index is 0.00000240. The van der Waals surface area contributed by atoms with Gasteiger partial charge in [-0.1, -0.05) is 20.8 Å². The Kier molecular flexibility index (Phi) is 7.01. The van der Waals surface area contributed by atoms with Gasteiger partial charge in [-0.3, -0.25) is 4.79 Å². The summed E-state index contributed by atoms with van der Waals surface area (Å²) in [5.41, 5.74) is -0.0677. The van der Waals surface area contributed by atoms with E-state index in [1.54, 1.807) is 0 Å². The monoisotopic (exact) mass is 412 g/mol. The molecule has 0 amide bonds. The Hall–Kier alpha value is 0.1000. The van der Waals surface area contributed by atoms with E-state index in [2.05, 4.69) is 20.8 Å².